The van der Waals surface area contributed by atoms with Crippen LogP contribution in [0, 0.1) is 0 Å². The minimum absolute atomic E-state index is 0.201. The molecule has 0 atom stereocenters. The van der Waals surface area contributed by atoms with Crippen LogP contribution in [-0.4, -0.2) is 39.6 Å². The molecule has 1 aromatic rings. The monoisotopic (exact) mass is 240 g/mol. The summed E-state index contributed by atoms with van der Waals surface area (Å²) in [7, 11) is 0. The molecule has 6 N–H and O–H groups in total. The summed E-state index contributed by atoms with van der Waals surface area (Å²) in [6, 6.07) is 3.08. The van der Waals surface area contributed by atoms with Gasteiger partial charge in [0.05, 0.1) is 5.56 Å². The number of rotatable bonds is 3. The van der Waals surface area contributed by atoms with E-state index in [1.54, 1.807) is 6.07 Å². The lowest BCUT2D eigenvalue weighted by Gasteiger charge is -1.87. The van der Waals surface area contributed by atoms with Crippen LogP contribution in [0.3, 0.4) is 0 Å². The van der Waals surface area contributed by atoms with E-state index in [-0.39, 0.29) is 18.1 Å². The zero-order chi connectivity index (χ0) is 13.3. The summed E-state index contributed by atoms with van der Waals surface area (Å²) in [5.74, 6) is -2.19. The van der Waals surface area contributed by atoms with E-state index in [9.17, 15) is 9.59 Å². The second-order valence-electron chi connectivity index (χ2n) is 2.68. The molecule has 0 fully saturated rings. The molecule has 8 heteroatoms. The molecule has 0 aliphatic heterocycles. The summed E-state index contributed by atoms with van der Waals surface area (Å²) in [6.07, 6.45) is 2.84. The number of aliphatic carboxylic acids is 1. The number of hydrogen-bond acceptors (Lipinski definition) is 4. The fourth-order valence-corrected chi connectivity index (χ4v) is 0.648. The second-order valence-corrected chi connectivity index (χ2v) is 2.68. The molecule has 0 saturated heterocycles. The van der Waals surface area contributed by atoms with Gasteiger partial charge >= 0.3 is 11.9 Å². The zero-order valence-corrected chi connectivity index (χ0v) is 8.78. The van der Waals surface area contributed by atoms with Crippen molar-refractivity contribution in [1.82, 2.24) is 4.98 Å². The Labute approximate surface area is 96.6 Å². The smallest absolute Gasteiger partial charge is 0.337 e. The molecule has 0 aliphatic rings. The molecule has 0 spiro atoms. The van der Waals surface area contributed by atoms with Gasteiger partial charge in [-0.05, 0) is 12.1 Å². The third-order valence-electron chi connectivity index (χ3n) is 1.31. The summed E-state index contributed by atoms with van der Waals surface area (Å²) in [5, 5.41) is 16.3. The molecule has 0 aromatic carbocycles. The third kappa shape index (κ3) is 8.36. The highest BCUT2D eigenvalue weighted by atomic mass is 16.4. The third-order valence-corrected chi connectivity index (χ3v) is 1.31. The van der Waals surface area contributed by atoms with Gasteiger partial charge in [0.25, 0.3) is 0 Å². The van der Waals surface area contributed by atoms with Crippen LogP contribution in [0.25, 0.3) is 0 Å². The Balaban J connectivity index is 0.000000304. The summed E-state index contributed by atoms with van der Waals surface area (Å²) >= 11 is 0. The van der Waals surface area contributed by atoms with E-state index in [0.717, 1.165) is 0 Å². The average molecular weight is 240 g/mol. The Morgan fingerprint density at radius 2 is 2.00 bits per heavy atom. The summed E-state index contributed by atoms with van der Waals surface area (Å²) in [6.45, 7) is -0.359. The highest BCUT2D eigenvalue weighted by Crippen LogP contribution is 1.92. The highest BCUT2D eigenvalue weighted by Gasteiger charge is 1.97. The first kappa shape index (κ1) is 14.4. The fourth-order valence-electron chi connectivity index (χ4n) is 0.648. The lowest BCUT2D eigenvalue weighted by molar-refractivity contribution is -0.135. The number of carboxylic acids is 2. The molecule has 1 heterocycles. The molecule has 1 aromatic heterocycles. The predicted molar refractivity (Wildman–Crippen MR) is 59.5 cm³/mol. The van der Waals surface area contributed by atoms with Crippen molar-refractivity contribution in [3.8, 4) is 0 Å². The number of pyridine rings is 1. The van der Waals surface area contributed by atoms with E-state index in [1.807, 2.05) is 0 Å². The van der Waals surface area contributed by atoms with Crippen LogP contribution in [0.15, 0.2) is 29.5 Å². The van der Waals surface area contributed by atoms with E-state index in [2.05, 4.69) is 9.98 Å². The van der Waals surface area contributed by atoms with Crippen molar-refractivity contribution in [2.75, 3.05) is 6.54 Å². The first-order valence-corrected chi connectivity index (χ1v) is 4.34. The Hall–Kier alpha value is -2.64. The van der Waals surface area contributed by atoms with Gasteiger partial charge in [0.1, 0.15) is 6.54 Å². The van der Waals surface area contributed by atoms with E-state index in [4.69, 9.17) is 21.7 Å². The number of hydrogen-bond donors (Lipinski definition) is 4. The molecular weight excluding hydrogens is 228 g/mol. The maximum atomic E-state index is 10.2. The normalized spacial score (nSPS) is 8.47. The van der Waals surface area contributed by atoms with Gasteiger partial charge in [-0.25, -0.2) is 9.79 Å². The van der Waals surface area contributed by atoms with Gasteiger partial charge < -0.3 is 21.7 Å². The van der Waals surface area contributed by atoms with Crippen molar-refractivity contribution in [3.05, 3.63) is 30.1 Å². The number of guanidine groups is 1. The molecule has 0 bridgehead atoms. The van der Waals surface area contributed by atoms with Gasteiger partial charge in [0.2, 0.25) is 0 Å². The van der Waals surface area contributed by atoms with E-state index >= 15 is 0 Å². The standard InChI is InChI=1S/C6H5NO2.C3H7N3O2/c8-6(9)5-2-1-3-7-4-5;4-3(5)6-1-2(7)8/h1-4H,(H,8,9);1H2,(H,7,8)(H4,4,5,6). The number of aliphatic imine (C=N–C) groups is 1. The Kier molecular flexibility index (Phi) is 6.44. The fraction of sp³-hybridized carbons (Fsp3) is 0.111. The Morgan fingerprint density at radius 3 is 2.24 bits per heavy atom. The molecule has 0 unspecified atom stereocenters. The minimum atomic E-state index is -1.04. The maximum absolute atomic E-state index is 10.2. The first-order valence-electron chi connectivity index (χ1n) is 4.34. The molecular formula is C9H12N4O4. The van der Waals surface area contributed by atoms with Crippen LogP contribution in [0.1, 0.15) is 10.4 Å². The number of aromatic nitrogens is 1. The number of nitrogens with two attached hydrogens (primary N) is 2. The molecule has 92 valence electrons. The van der Waals surface area contributed by atoms with Gasteiger partial charge in [-0.1, -0.05) is 0 Å². The van der Waals surface area contributed by atoms with Gasteiger partial charge in [-0.3, -0.25) is 9.78 Å². The van der Waals surface area contributed by atoms with Crippen LogP contribution in [-0.2, 0) is 4.79 Å². The SMILES string of the molecule is NC(N)=NCC(=O)O.O=C(O)c1cccnc1. The molecule has 17 heavy (non-hydrogen) atoms. The highest BCUT2D eigenvalue weighted by molar-refractivity contribution is 5.86. The number of carboxylic acid groups (broad SMARTS) is 2. The van der Waals surface area contributed by atoms with Gasteiger partial charge in [0, 0.05) is 12.4 Å². The summed E-state index contributed by atoms with van der Waals surface area (Å²) < 4.78 is 0. The number of carbonyl (C=O) groups is 2. The molecule has 8 nitrogen and oxygen atoms in total. The van der Waals surface area contributed by atoms with E-state index in [1.165, 1.54) is 18.5 Å². The Bertz CT molecular complexity index is 401. The van der Waals surface area contributed by atoms with Gasteiger partial charge in [0.15, 0.2) is 5.96 Å². The van der Waals surface area contributed by atoms with Crippen LogP contribution in [0.2, 0.25) is 0 Å². The second kappa shape index (κ2) is 7.63. The van der Waals surface area contributed by atoms with Gasteiger partial charge in [-0.2, -0.15) is 0 Å². The molecule has 0 aliphatic carbocycles. The predicted octanol–water partition coefficient (Wildman–Crippen LogP) is -0.876. The Morgan fingerprint density at radius 1 is 1.35 bits per heavy atom. The van der Waals surface area contributed by atoms with Crippen molar-refractivity contribution in [2.45, 2.75) is 0 Å². The van der Waals surface area contributed by atoms with Crippen molar-refractivity contribution < 1.29 is 19.8 Å². The van der Waals surface area contributed by atoms with Crippen molar-refractivity contribution in [2.24, 2.45) is 16.5 Å². The lowest BCUT2D eigenvalue weighted by Crippen LogP contribution is -2.24. The van der Waals surface area contributed by atoms with E-state index in [0.29, 0.717) is 0 Å². The van der Waals surface area contributed by atoms with Crippen LogP contribution < -0.4 is 11.5 Å². The van der Waals surface area contributed by atoms with Crippen molar-refractivity contribution in [1.29, 1.82) is 0 Å². The number of nitrogens with zero attached hydrogens (tertiary/aromatic N) is 2. The first-order chi connectivity index (χ1) is 7.93. The zero-order valence-electron chi connectivity index (χ0n) is 8.78. The average Bonchev–Trinajstić information content (AvgIpc) is 2.28. The maximum Gasteiger partial charge on any atom is 0.337 e. The van der Waals surface area contributed by atoms with Gasteiger partial charge in [-0.15, -0.1) is 0 Å². The van der Waals surface area contributed by atoms with Crippen molar-refractivity contribution in [3.63, 3.8) is 0 Å². The van der Waals surface area contributed by atoms with Crippen LogP contribution >= 0.6 is 0 Å². The lowest BCUT2D eigenvalue weighted by atomic mass is 10.3. The summed E-state index contributed by atoms with van der Waals surface area (Å²) in [4.78, 5) is 26.7. The molecule has 0 saturated carbocycles. The largest absolute Gasteiger partial charge is 0.480 e. The molecule has 1 rings (SSSR count). The van der Waals surface area contributed by atoms with Crippen LogP contribution in [0.5, 0.6) is 0 Å². The number of aromatic carboxylic acids is 1. The van der Waals surface area contributed by atoms with Crippen LogP contribution in [0.4, 0.5) is 0 Å². The topological polar surface area (TPSA) is 152 Å². The van der Waals surface area contributed by atoms with E-state index < -0.39 is 11.9 Å². The minimum Gasteiger partial charge on any atom is -0.480 e. The van der Waals surface area contributed by atoms with Crippen molar-refractivity contribution >= 4 is 17.9 Å². The molecule has 0 radical (unpaired) electrons. The molecule has 0 amide bonds. The summed E-state index contributed by atoms with van der Waals surface area (Å²) in [5.41, 5.74) is 9.83. The quantitative estimate of drug-likeness (QED) is 0.395.